The highest BCUT2D eigenvalue weighted by atomic mass is 16.6. The van der Waals surface area contributed by atoms with E-state index in [1.54, 1.807) is 7.11 Å². The lowest BCUT2D eigenvalue weighted by Crippen LogP contribution is -2.57. The molecule has 2 saturated carbocycles. The molecule has 2 aliphatic carbocycles. The van der Waals surface area contributed by atoms with Crippen LogP contribution in [-0.4, -0.2) is 80.4 Å². The van der Waals surface area contributed by atoms with Crippen LogP contribution in [0.25, 0.3) is 0 Å². The molecule has 0 aromatic heterocycles. The Kier molecular flexibility index (Phi) is 6.08. The van der Waals surface area contributed by atoms with Crippen molar-refractivity contribution in [1.29, 1.82) is 0 Å². The third-order valence-electron chi connectivity index (χ3n) is 9.22. The first kappa shape index (κ1) is 23.6. The lowest BCUT2D eigenvalue weighted by molar-refractivity contribution is -0.119. The van der Waals surface area contributed by atoms with Gasteiger partial charge in [0.1, 0.15) is 23.4 Å². The summed E-state index contributed by atoms with van der Waals surface area (Å²) < 4.78 is 24.2. The number of nitrogens with one attached hydrogen (secondary N) is 1. The molecule has 3 aliphatic heterocycles. The van der Waals surface area contributed by atoms with Gasteiger partial charge in [-0.15, -0.1) is 0 Å². The Balaban J connectivity index is 1.18. The van der Waals surface area contributed by atoms with Crippen LogP contribution < -0.4 is 5.32 Å². The molecule has 33 heavy (non-hydrogen) atoms. The summed E-state index contributed by atoms with van der Waals surface area (Å²) in [6.45, 7) is 9.47. The summed E-state index contributed by atoms with van der Waals surface area (Å²) in [5, 5.41) is 3.14. The van der Waals surface area contributed by atoms with Gasteiger partial charge in [-0.1, -0.05) is 11.6 Å². The summed E-state index contributed by atoms with van der Waals surface area (Å²) in [4.78, 5) is 15.2. The fourth-order valence-electron chi connectivity index (χ4n) is 7.00. The largest absolute Gasteiger partial charge is 0.443 e. The van der Waals surface area contributed by atoms with Crippen LogP contribution in [0.15, 0.2) is 11.6 Å². The highest BCUT2D eigenvalue weighted by Gasteiger charge is 2.72. The molecule has 186 valence electrons. The Morgan fingerprint density at radius 2 is 1.91 bits per heavy atom. The molecule has 1 N–H and O–H groups in total. The predicted octanol–water partition coefficient (Wildman–Crippen LogP) is 3.66. The lowest BCUT2D eigenvalue weighted by Gasteiger charge is -2.52. The molecule has 6 atom stereocenters. The van der Waals surface area contributed by atoms with Gasteiger partial charge in [0.25, 0.3) is 0 Å². The van der Waals surface area contributed by atoms with Crippen LogP contribution in [0.2, 0.25) is 0 Å². The number of hydrogen-bond donors (Lipinski definition) is 1. The topological polar surface area (TPSA) is 75.9 Å². The van der Waals surface area contributed by atoms with E-state index in [0.29, 0.717) is 5.41 Å². The standard InChI is InChI=1S/C26H42N2O5/c1-17(2)6-7-20-24(3,33-20)22-21(30-5)19(8-9-26(22)16-31-26)32-23(29)27-18-14-25(15-18)10-12-28(4)13-11-25/h6,18-22H,7-16H2,1-5H3,(H,27,29)/t19-,20-,21-,22-,24+,26+/m1/s1. The molecule has 1 amide bonds. The molecule has 5 rings (SSSR count). The van der Waals surface area contributed by atoms with Crippen molar-refractivity contribution in [1.82, 2.24) is 10.2 Å². The second-order valence-corrected chi connectivity index (χ2v) is 11.9. The fourth-order valence-corrected chi connectivity index (χ4v) is 7.00. The van der Waals surface area contributed by atoms with Crippen LogP contribution >= 0.6 is 0 Å². The summed E-state index contributed by atoms with van der Waals surface area (Å²) in [6.07, 6.45) is 8.74. The van der Waals surface area contributed by atoms with Crippen LogP contribution in [0.4, 0.5) is 4.79 Å². The van der Waals surface area contributed by atoms with Crippen molar-refractivity contribution in [2.45, 2.75) is 101 Å². The van der Waals surface area contributed by atoms with Crippen LogP contribution in [0.1, 0.15) is 65.7 Å². The normalized spacial score (nSPS) is 42.0. The Bertz CT molecular complexity index is 776. The molecular formula is C26H42N2O5. The number of nitrogens with zero attached hydrogens (tertiary/aromatic N) is 1. The number of epoxide rings is 2. The Hall–Kier alpha value is -1.15. The van der Waals surface area contributed by atoms with E-state index in [0.717, 1.165) is 51.8 Å². The zero-order chi connectivity index (χ0) is 23.4. The van der Waals surface area contributed by atoms with Gasteiger partial charge in [-0.25, -0.2) is 4.79 Å². The maximum Gasteiger partial charge on any atom is 0.407 e. The molecule has 7 nitrogen and oxygen atoms in total. The van der Waals surface area contributed by atoms with E-state index in [4.69, 9.17) is 18.9 Å². The number of hydrogen-bond acceptors (Lipinski definition) is 6. The molecule has 0 aromatic carbocycles. The minimum atomic E-state index is -0.309. The van der Waals surface area contributed by atoms with Gasteiger partial charge in [0, 0.05) is 13.2 Å². The molecule has 7 heteroatoms. The second kappa shape index (κ2) is 8.51. The molecule has 0 unspecified atom stereocenters. The highest BCUT2D eigenvalue weighted by Crippen LogP contribution is 2.59. The molecule has 2 spiro atoms. The number of rotatable bonds is 6. The van der Waals surface area contributed by atoms with Gasteiger partial charge in [0.05, 0.1) is 18.6 Å². The number of ether oxygens (including phenoxy) is 4. The van der Waals surface area contributed by atoms with Crippen molar-refractivity contribution in [2.75, 3.05) is 33.9 Å². The van der Waals surface area contributed by atoms with Gasteiger partial charge in [-0.2, -0.15) is 0 Å². The first-order valence-electron chi connectivity index (χ1n) is 12.8. The number of carbonyl (C=O) groups excluding carboxylic acids is 1. The van der Waals surface area contributed by atoms with Gasteiger partial charge < -0.3 is 29.2 Å². The van der Waals surface area contributed by atoms with E-state index >= 15 is 0 Å². The maximum absolute atomic E-state index is 12.8. The quantitative estimate of drug-likeness (QED) is 0.480. The average molecular weight is 463 g/mol. The Morgan fingerprint density at radius 3 is 2.52 bits per heavy atom. The van der Waals surface area contributed by atoms with Gasteiger partial charge in [0.15, 0.2) is 0 Å². The molecular weight excluding hydrogens is 420 g/mol. The number of allylic oxidation sites excluding steroid dienone is 1. The minimum Gasteiger partial charge on any atom is -0.443 e. The van der Waals surface area contributed by atoms with Gasteiger partial charge >= 0.3 is 6.09 Å². The first-order valence-corrected chi connectivity index (χ1v) is 12.8. The highest BCUT2D eigenvalue weighted by molar-refractivity contribution is 5.68. The summed E-state index contributed by atoms with van der Waals surface area (Å²) in [7, 11) is 3.91. The van der Waals surface area contributed by atoms with Gasteiger partial charge in [-0.05, 0) is 91.3 Å². The van der Waals surface area contributed by atoms with E-state index in [1.165, 1.54) is 18.4 Å². The van der Waals surface area contributed by atoms with Crippen LogP contribution in [-0.2, 0) is 18.9 Å². The van der Waals surface area contributed by atoms with E-state index in [9.17, 15) is 4.79 Å². The van der Waals surface area contributed by atoms with E-state index in [2.05, 4.69) is 44.1 Å². The molecule has 0 radical (unpaired) electrons. The van der Waals surface area contributed by atoms with E-state index < -0.39 is 0 Å². The maximum atomic E-state index is 12.8. The fraction of sp³-hybridized carbons (Fsp3) is 0.885. The summed E-state index contributed by atoms with van der Waals surface area (Å²) in [6, 6.07) is 0.233. The number of piperidine rings is 1. The summed E-state index contributed by atoms with van der Waals surface area (Å²) in [5.74, 6) is 0.0586. The van der Waals surface area contributed by atoms with Crippen LogP contribution in [0.3, 0.4) is 0 Å². The smallest absolute Gasteiger partial charge is 0.407 e. The van der Waals surface area contributed by atoms with Crippen LogP contribution in [0.5, 0.6) is 0 Å². The van der Waals surface area contributed by atoms with E-state index in [1.807, 2.05) is 0 Å². The summed E-state index contributed by atoms with van der Waals surface area (Å²) in [5.41, 5.74) is 1.23. The molecule has 3 heterocycles. The number of carbonyl (C=O) groups is 1. The molecule has 3 saturated heterocycles. The third-order valence-corrected chi connectivity index (χ3v) is 9.22. The first-order chi connectivity index (χ1) is 15.7. The molecule has 0 aromatic rings. The number of likely N-dealkylation sites (tertiary alicyclic amines) is 1. The minimum absolute atomic E-state index is 0.0586. The number of alkyl carbamates (subject to hydrolysis) is 1. The van der Waals surface area contributed by atoms with Crippen molar-refractivity contribution < 1.29 is 23.7 Å². The Morgan fingerprint density at radius 1 is 1.21 bits per heavy atom. The van der Waals surface area contributed by atoms with E-state index in [-0.39, 0.29) is 47.6 Å². The Labute approximate surface area is 198 Å². The zero-order valence-corrected chi connectivity index (χ0v) is 21.0. The zero-order valence-electron chi connectivity index (χ0n) is 21.0. The average Bonchev–Trinajstić information content (AvgIpc) is 3.65. The van der Waals surface area contributed by atoms with Crippen molar-refractivity contribution in [2.24, 2.45) is 11.3 Å². The predicted molar refractivity (Wildman–Crippen MR) is 125 cm³/mol. The van der Waals surface area contributed by atoms with Gasteiger partial charge in [0.2, 0.25) is 0 Å². The lowest BCUT2D eigenvalue weighted by atomic mass is 9.60. The SMILES string of the molecule is CO[C@@H]1[C@H](OC(=O)NC2CC3(CCN(C)CC3)C2)CC[C@]2(CO2)[C@H]1[C@@]1(C)O[C@@H]1CC=C(C)C. The number of methoxy groups -OCH3 is 1. The van der Waals surface area contributed by atoms with Crippen LogP contribution in [0, 0.1) is 11.3 Å². The number of amides is 1. The van der Waals surface area contributed by atoms with Crippen molar-refractivity contribution in [3.63, 3.8) is 0 Å². The molecule has 5 aliphatic rings. The van der Waals surface area contributed by atoms with Gasteiger partial charge in [-0.3, -0.25) is 0 Å². The third kappa shape index (κ3) is 4.46. The van der Waals surface area contributed by atoms with Crippen molar-refractivity contribution in [3.05, 3.63) is 11.6 Å². The molecule has 5 fully saturated rings. The van der Waals surface area contributed by atoms with Crippen molar-refractivity contribution >= 4 is 6.09 Å². The second-order valence-electron chi connectivity index (χ2n) is 11.9. The van der Waals surface area contributed by atoms with Crippen molar-refractivity contribution in [3.8, 4) is 0 Å². The summed E-state index contributed by atoms with van der Waals surface area (Å²) >= 11 is 0. The molecule has 0 bridgehead atoms. The monoisotopic (exact) mass is 462 g/mol.